The van der Waals surface area contributed by atoms with Gasteiger partial charge < -0.3 is 9.47 Å². The molecule has 3 aliphatic heterocycles. The van der Waals surface area contributed by atoms with Crippen LogP contribution in [0.4, 0.5) is 0 Å². The first-order chi connectivity index (χ1) is 11.3. The van der Waals surface area contributed by atoms with Crippen molar-refractivity contribution in [2.75, 3.05) is 19.6 Å². The lowest BCUT2D eigenvalue weighted by Crippen LogP contribution is -2.60. The van der Waals surface area contributed by atoms with Crippen molar-refractivity contribution in [1.29, 1.82) is 0 Å². The van der Waals surface area contributed by atoms with Crippen molar-refractivity contribution in [2.24, 2.45) is 0 Å². The van der Waals surface area contributed by atoms with Crippen LogP contribution in [0.2, 0.25) is 0 Å². The molecule has 0 aromatic carbocycles. The highest BCUT2D eigenvalue weighted by molar-refractivity contribution is 5.56. The number of piperidine rings is 3. The van der Waals surface area contributed by atoms with Gasteiger partial charge in [0.1, 0.15) is 0 Å². The van der Waals surface area contributed by atoms with Gasteiger partial charge in [-0.1, -0.05) is 17.7 Å². The molecule has 3 heteroatoms. The predicted molar refractivity (Wildman–Crippen MR) is 92.8 cm³/mol. The summed E-state index contributed by atoms with van der Waals surface area (Å²) >= 11 is 0. The minimum Gasteiger partial charge on any atom is -0.308 e. The van der Waals surface area contributed by atoms with Gasteiger partial charge in [-0.3, -0.25) is 4.79 Å². The molecule has 2 aliphatic carbocycles. The van der Waals surface area contributed by atoms with Crippen LogP contribution in [0.1, 0.15) is 44.1 Å². The van der Waals surface area contributed by atoms with Gasteiger partial charge in [0.05, 0.1) is 5.54 Å². The minimum atomic E-state index is 0.0822. The molecule has 23 heavy (non-hydrogen) atoms. The Labute approximate surface area is 136 Å². The van der Waals surface area contributed by atoms with Crippen molar-refractivity contribution in [1.82, 2.24) is 9.47 Å². The number of hydrogen-bond acceptors (Lipinski definition) is 2. The van der Waals surface area contributed by atoms with Crippen molar-refractivity contribution in [3.8, 4) is 0 Å². The van der Waals surface area contributed by atoms with E-state index in [1.807, 2.05) is 0 Å². The van der Waals surface area contributed by atoms with Crippen molar-refractivity contribution in [2.45, 2.75) is 50.5 Å². The second-order valence-electron chi connectivity index (χ2n) is 7.69. The minimum absolute atomic E-state index is 0.0822. The Hall–Kier alpha value is -1.61. The van der Waals surface area contributed by atoms with Gasteiger partial charge in [-0.25, -0.2) is 0 Å². The third-order valence-electron chi connectivity index (χ3n) is 6.56. The monoisotopic (exact) mass is 308 g/mol. The molecule has 5 aliphatic rings. The Morgan fingerprint density at radius 3 is 2.61 bits per heavy atom. The van der Waals surface area contributed by atoms with E-state index < -0.39 is 0 Å². The molecule has 1 aromatic rings. The molecule has 120 valence electrons. The molecule has 0 radical (unpaired) electrons. The van der Waals surface area contributed by atoms with E-state index in [2.05, 4.69) is 33.9 Å². The average Bonchev–Trinajstić information content (AvgIpc) is 2.83. The summed E-state index contributed by atoms with van der Waals surface area (Å²) in [5, 5.41) is 2.26. The number of nitrogens with zero attached hydrogens (tertiary/aromatic N) is 2. The SMILES string of the molecule is O=c1c2c3c(cn1C14CCN(CC1)CC4)CCCC=3CC=CC=2. The summed E-state index contributed by atoms with van der Waals surface area (Å²) < 4.78 is 2.16. The molecule has 0 saturated carbocycles. The van der Waals surface area contributed by atoms with Crippen molar-refractivity contribution >= 4 is 11.6 Å². The van der Waals surface area contributed by atoms with Gasteiger partial charge in [-0.2, -0.15) is 0 Å². The average molecular weight is 308 g/mol. The van der Waals surface area contributed by atoms with Gasteiger partial charge >= 0.3 is 0 Å². The van der Waals surface area contributed by atoms with Crippen LogP contribution in [0.3, 0.4) is 0 Å². The molecule has 0 atom stereocenters. The van der Waals surface area contributed by atoms with E-state index in [0.717, 1.165) is 63.4 Å². The van der Waals surface area contributed by atoms with Crippen LogP contribution in [-0.2, 0) is 12.0 Å². The van der Waals surface area contributed by atoms with E-state index in [4.69, 9.17) is 0 Å². The summed E-state index contributed by atoms with van der Waals surface area (Å²) in [6.07, 6.45) is 16.6. The second kappa shape index (κ2) is 4.94. The Bertz CT molecular complexity index is 852. The van der Waals surface area contributed by atoms with Crippen LogP contribution in [0.15, 0.2) is 23.1 Å². The van der Waals surface area contributed by atoms with Gasteiger partial charge in [0.15, 0.2) is 0 Å². The maximum absolute atomic E-state index is 13.4. The second-order valence-corrected chi connectivity index (χ2v) is 7.69. The van der Waals surface area contributed by atoms with E-state index in [1.165, 1.54) is 22.8 Å². The van der Waals surface area contributed by atoms with Crippen molar-refractivity contribution < 1.29 is 0 Å². The lowest BCUT2D eigenvalue weighted by molar-refractivity contribution is 0.0322. The van der Waals surface area contributed by atoms with E-state index in [-0.39, 0.29) is 11.1 Å². The van der Waals surface area contributed by atoms with Crippen molar-refractivity contribution in [3.63, 3.8) is 0 Å². The maximum atomic E-state index is 13.4. The third kappa shape index (κ3) is 1.96. The smallest absolute Gasteiger partial charge is 0.258 e. The fourth-order valence-electron chi connectivity index (χ4n) is 5.17. The molecule has 6 rings (SSSR count). The summed E-state index contributed by atoms with van der Waals surface area (Å²) in [4.78, 5) is 15.9. The number of aromatic nitrogens is 1. The number of rotatable bonds is 1. The van der Waals surface area contributed by atoms with Gasteiger partial charge in [-0.05, 0) is 61.8 Å². The van der Waals surface area contributed by atoms with Gasteiger partial charge in [0.25, 0.3) is 5.56 Å². The Balaban J connectivity index is 1.81. The molecule has 1 aromatic heterocycles. The highest BCUT2D eigenvalue weighted by atomic mass is 16.1. The van der Waals surface area contributed by atoms with Crippen LogP contribution in [0.25, 0.3) is 11.6 Å². The summed E-state index contributed by atoms with van der Waals surface area (Å²) in [5.74, 6) is 0. The lowest BCUT2D eigenvalue weighted by atomic mass is 9.79. The molecule has 3 fully saturated rings. The number of aryl methyl sites for hydroxylation is 1. The Morgan fingerprint density at radius 2 is 1.83 bits per heavy atom. The first-order valence-corrected chi connectivity index (χ1v) is 9.13. The van der Waals surface area contributed by atoms with Crippen LogP contribution in [0.5, 0.6) is 0 Å². The van der Waals surface area contributed by atoms with E-state index in [9.17, 15) is 4.79 Å². The highest BCUT2D eigenvalue weighted by Crippen LogP contribution is 2.37. The normalized spacial score (nSPS) is 31.5. The number of allylic oxidation sites excluding steroid dienone is 2. The quantitative estimate of drug-likeness (QED) is 0.781. The first-order valence-electron chi connectivity index (χ1n) is 9.13. The van der Waals surface area contributed by atoms with Gasteiger partial charge in [0, 0.05) is 31.0 Å². The molecule has 4 heterocycles. The van der Waals surface area contributed by atoms with Gasteiger partial charge in [-0.15, -0.1) is 0 Å². The standard InChI is InChI=1S/C20H24N2O/c23-19-17-7-2-1-4-15-5-3-6-16(18(15)17)14-22(19)20-8-11-21(12-9-20)13-10-20/h1-2,7,14H,3-6,8-13H2. The Morgan fingerprint density at radius 1 is 1.04 bits per heavy atom. The molecule has 0 amide bonds. The van der Waals surface area contributed by atoms with Crippen LogP contribution >= 0.6 is 0 Å². The molecule has 3 saturated heterocycles. The van der Waals surface area contributed by atoms with E-state index in [0.29, 0.717) is 0 Å². The maximum Gasteiger partial charge on any atom is 0.258 e. The number of fused-ring (bicyclic) bond motifs is 3. The Kier molecular flexibility index (Phi) is 2.96. The zero-order valence-corrected chi connectivity index (χ0v) is 13.7. The zero-order chi connectivity index (χ0) is 15.4. The fourth-order valence-corrected chi connectivity index (χ4v) is 5.17. The number of pyridine rings is 1. The number of hydrogen-bond donors (Lipinski definition) is 0. The molecule has 3 nitrogen and oxygen atoms in total. The van der Waals surface area contributed by atoms with Crippen LogP contribution < -0.4 is 16.0 Å². The first kappa shape index (κ1) is 13.8. The fraction of sp³-hybridized carbons (Fsp3) is 0.550. The van der Waals surface area contributed by atoms with E-state index in [1.54, 1.807) is 0 Å². The summed E-state index contributed by atoms with van der Waals surface area (Å²) in [6, 6.07) is 0. The molecular weight excluding hydrogens is 284 g/mol. The zero-order valence-electron chi connectivity index (χ0n) is 13.7. The lowest BCUT2D eigenvalue weighted by Gasteiger charge is -2.49. The summed E-state index contributed by atoms with van der Waals surface area (Å²) in [6.45, 7) is 3.46. The molecule has 2 bridgehead atoms. The molecule has 0 N–H and O–H groups in total. The molecular formula is C20H24N2O. The van der Waals surface area contributed by atoms with Crippen LogP contribution in [-0.4, -0.2) is 29.1 Å². The topological polar surface area (TPSA) is 25.2 Å². The summed E-state index contributed by atoms with van der Waals surface area (Å²) in [5.41, 5.74) is 3.23. The van der Waals surface area contributed by atoms with E-state index >= 15 is 0 Å². The van der Waals surface area contributed by atoms with Crippen molar-refractivity contribution in [3.05, 3.63) is 44.7 Å². The predicted octanol–water partition coefficient (Wildman–Crippen LogP) is 1.27. The van der Waals surface area contributed by atoms with Gasteiger partial charge in [0.2, 0.25) is 0 Å². The molecule has 0 spiro atoms. The van der Waals surface area contributed by atoms with Crippen LogP contribution in [0, 0.1) is 0 Å². The largest absolute Gasteiger partial charge is 0.308 e. The molecule has 0 unspecified atom stereocenters. The highest BCUT2D eigenvalue weighted by Gasteiger charge is 2.41. The summed E-state index contributed by atoms with van der Waals surface area (Å²) in [7, 11) is 0. The third-order valence-corrected chi connectivity index (χ3v) is 6.56.